The molecule has 7 rings (SSSR count). The van der Waals surface area contributed by atoms with Gasteiger partial charge in [-0.15, -0.1) is 6.58 Å². The average Bonchev–Trinajstić information content (AvgIpc) is 3.46. The summed E-state index contributed by atoms with van der Waals surface area (Å²) in [5.74, 6) is -0.275. The van der Waals surface area contributed by atoms with Crippen LogP contribution < -0.4 is 5.46 Å². The minimum absolute atomic E-state index is 0.275. The van der Waals surface area contributed by atoms with Crippen molar-refractivity contribution in [3.63, 3.8) is 0 Å². The second kappa shape index (κ2) is 19.1. The normalized spacial score (nSPS) is 23.1. The Morgan fingerprint density at radius 3 is 1.52 bits per heavy atom. The summed E-state index contributed by atoms with van der Waals surface area (Å²) in [5, 5.41) is 0. The molecule has 2 aliphatic rings. The van der Waals surface area contributed by atoms with Crippen LogP contribution in [0.25, 0.3) is 0 Å². The SMILES string of the molecule is C=C[C@H](c1ccc(B2OC(C)(C)C(C)(C)O2)cc1C)[C@H]1O[C@H](COCc2ccccc2)[C@@H](OCc2ccccc2)[C@H](OCc2ccccc2)[C@@H]1OCc1ccccc1. The summed E-state index contributed by atoms with van der Waals surface area (Å²) in [7, 11) is -0.475. The van der Waals surface area contributed by atoms with E-state index in [9.17, 15) is 0 Å². The highest BCUT2D eigenvalue weighted by Gasteiger charge is 2.53. The molecule has 0 amide bonds. The molecule has 2 fully saturated rings. The minimum Gasteiger partial charge on any atom is -0.399 e. The molecule has 2 heterocycles. The predicted octanol–water partition coefficient (Wildman–Crippen LogP) is 9.30. The fraction of sp³-hybridized carbons (Fsp3) is 0.360. The van der Waals surface area contributed by atoms with Gasteiger partial charge >= 0.3 is 7.12 Å². The van der Waals surface area contributed by atoms with Crippen molar-refractivity contribution in [1.29, 1.82) is 0 Å². The van der Waals surface area contributed by atoms with Gasteiger partial charge in [0.05, 0.1) is 50.3 Å². The first kappa shape index (κ1) is 41.8. The van der Waals surface area contributed by atoms with Gasteiger partial charge in [0.15, 0.2) is 0 Å². The van der Waals surface area contributed by atoms with Gasteiger partial charge in [-0.25, -0.2) is 0 Å². The number of aryl methyl sites for hydroxylation is 1. The molecule has 58 heavy (non-hydrogen) atoms. The van der Waals surface area contributed by atoms with E-state index in [1.54, 1.807) is 0 Å². The Morgan fingerprint density at radius 2 is 1.05 bits per heavy atom. The second-order valence-electron chi connectivity index (χ2n) is 16.4. The first-order valence-electron chi connectivity index (χ1n) is 20.4. The van der Waals surface area contributed by atoms with Gasteiger partial charge in [0, 0.05) is 5.92 Å². The summed E-state index contributed by atoms with van der Waals surface area (Å²) < 4.78 is 47.6. The third-order valence-corrected chi connectivity index (χ3v) is 11.7. The molecule has 0 unspecified atom stereocenters. The van der Waals surface area contributed by atoms with Gasteiger partial charge in [-0.3, -0.25) is 0 Å². The lowest BCUT2D eigenvalue weighted by atomic mass is 9.75. The second-order valence-corrected chi connectivity index (χ2v) is 16.4. The topological polar surface area (TPSA) is 64.6 Å². The van der Waals surface area contributed by atoms with E-state index in [1.807, 2.05) is 78.9 Å². The van der Waals surface area contributed by atoms with Crippen molar-refractivity contribution < 1.29 is 33.0 Å². The van der Waals surface area contributed by atoms with Gasteiger partial charge in [-0.2, -0.15) is 0 Å². The zero-order valence-electron chi connectivity index (χ0n) is 34.5. The average molecular weight is 781 g/mol. The maximum Gasteiger partial charge on any atom is 0.494 e. The fourth-order valence-electron chi connectivity index (χ4n) is 7.75. The molecule has 0 spiro atoms. The molecule has 0 saturated carbocycles. The highest BCUT2D eigenvalue weighted by Crippen LogP contribution is 2.40. The number of ether oxygens (including phenoxy) is 5. The molecular weight excluding hydrogens is 723 g/mol. The van der Waals surface area contributed by atoms with E-state index in [1.165, 1.54) is 0 Å². The first-order chi connectivity index (χ1) is 28.1. The van der Waals surface area contributed by atoms with Crippen LogP contribution in [-0.2, 0) is 59.4 Å². The van der Waals surface area contributed by atoms with Gasteiger partial charge < -0.3 is 33.0 Å². The van der Waals surface area contributed by atoms with E-state index in [4.69, 9.17) is 33.0 Å². The lowest BCUT2D eigenvalue weighted by Gasteiger charge is -2.48. The molecule has 0 radical (unpaired) electrons. The molecule has 5 aromatic carbocycles. The number of benzene rings is 5. The van der Waals surface area contributed by atoms with E-state index >= 15 is 0 Å². The van der Waals surface area contributed by atoms with E-state index in [0.29, 0.717) is 26.4 Å². The molecule has 8 heteroatoms. The van der Waals surface area contributed by atoms with Gasteiger partial charge in [0.1, 0.15) is 24.4 Å². The van der Waals surface area contributed by atoms with Gasteiger partial charge in [-0.05, 0) is 73.5 Å². The van der Waals surface area contributed by atoms with Crippen LogP contribution in [0.1, 0.15) is 67.0 Å². The quantitative estimate of drug-likeness (QED) is 0.0689. The number of rotatable bonds is 17. The van der Waals surface area contributed by atoms with Crippen LogP contribution in [0.5, 0.6) is 0 Å². The van der Waals surface area contributed by atoms with Crippen molar-refractivity contribution >= 4 is 12.6 Å². The Bertz CT molecular complexity index is 2010. The van der Waals surface area contributed by atoms with E-state index in [-0.39, 0.29) is 12.5 Å². The van der Waals surface area contributed by atoms with E-state index in [0.717, 1.165) is 38.8 Å². The minimum atomic E-state index is -0.555. The number of hydrogen-bond donors (Lipinski definition) is 0. The molecule has 0 N–H and O–H groups in total. The summed E-state index contributed by atoms with van der Waals surface area (Å²) in [5.41, 5.74) is 6.47. The zero-order chi connectivity index (χ0) is 40.5. The van der Waals surface area contributed by atoms with E-state index in [2.05, 4.69) is 108 Å². The summed E-state index contributed by atoms with van der Waals surface area (Å²) in [4.78, 5) is 0. The van der Waals surface area contributed by atoms with Gasteiger partial charge in [0.25, 0.3) is 0 Å². The highest BCUT2D eigenvalue weighted by atomic mass is 16.7. The lowest BCUT2D eigenvalue weighted by molar-refractivity contribution is -0.274. The third-order valence-electron chi connectivity index (χ3n) is 11.7. The Hall–Kier alpha value is -4.38. The Kier molecular flexibility index (Phi) is 13.8. The van der Waals surface area contributed by atoms with Gasteiger partial charge in [0.2, 0.25) is 0 Å². The summed E-state index contributed by atoms with van der Waals surface area (Å²) in [6.07, 6.45) is -0.661. The largest absolute Gasteiger partial charge is 0.494 e. The standard InChI is InChI=1S/C50H57BO7/c1-7-42(43-29-28-41(30-36(43)2)51-57-49(3,4)50(5,6)58-51)45-47(54-33-39-24-16-10-17-25-39)48(55-34-40-26-18-11-19-27-40)46(53-32-38-22-14-9-15-23-38)44(56-45)35-52-31-37-20-12-8-13-21-37/h7-30,42,44-48H,1,31-35H2,2-6H3/t42-,44-,45-,46-,47-,48+/m1/s1. The van der Waals surface area contributed by atoms with Crippen LogP contribution in [0, 0.1) is 6.92 Å². The van der Waals surface area contributed by atoms with Gasteiger partial charge in [-0.1, -0.05) is 146 Å². The fourth-order valence-corrected chi connectivity index (χ4v) is 7.75. The molecule has 0 aliphatic carbocycles. The van der Waals surface area contributed by atoms with Crippen LogP contribution in [0.15, 0.2) is 152 Å². The molecule has 2 aliphatic heterocycles. The molecule has 7 nitrogen and oxygen atoms in total. The monoisotopic (exact) mass is 780 g/mol. The van der Waals surface area contributed by atoms with Crippen LogP contribution in [0.4, 0.5) is 0 Å². The van der Waals surface area contributed by atoms with Crippen molar-refractivity contribution in [2.45, 2.75) is 109 Å². The predicted molar refractivity (Wildman–Crippen MR) is 230 cm³/mol. The Balaban J connectivity index is 1.26. The molecular formula is C50H57BO7. The maximum atomic E-state index is 7.28. The Labute approximate surface area is 345 Å². The van der Waals surface area contributed by atoms with Crippen molar-refractivity contribution in [2.24, 2.45) is 0 Å². The number of hydrogen-bond acceptors (Lipinski definition) is 7. The lowest BCUT2D eigenvalue weighted by Crippen LogP contribution is -2.62. The smallest absolute Gasteiger partial charge is 0.399 e. The maximum absolute atomic E-state index is 7.28. The van der Waals surface area contributed by atoms with E-state index < -0.39 is 48.8 Å². The van der Waals surface area contributed by atoms with Crippen LogP contribution in [0.2, 0.25) is 0 Å². The van der Waals surface area contributed by atoms with Crippen molar-refractivity contribution in [3.8, 4) is 0 Å². The summed E-state index contributed by atoms with van der Waals surface area (Å²) >= 11 is 0. The molecule has 0 bridgehead atoms. The molecule has 5 aromatic rings. The van der Waals surface area contributed by atoms with Crippen LogP contribution in [-0.4, -0.2) is 55.4 Å². The van der Waals surface area contributed by atoms with Crippen molar-refractivity contribution in [1.82, 2.24) is 0 Å². The molecule has 6 atom stereocenters. The molecule has 0 aromatic heterocycles. The first-order valence-corrected chi connectivity index (χ1v) is 20.4. The Morgan fingerprint density at radius 1 is 0.603 bits per heavy atom. The molecule has 302 valence electrons. The van der Waals surface area contributed by atoms with Crippen LogP contribution in [0.3, 0.4) is 0 Å². The highest BCUT2D eigenvalue weighted by molar-refractivity contribution is 6.62. The summed E-state index contributed by atoms with van der Waals surface area (Å²) in [6.45, 7) is 16.6. The zero-order valence-corrected chi connectivity index (χ0v) is 34.5. The van der Waals surface area contributed by atoms with Crippen LogP contribution >= 0.6 is 0 Å². The van der Waals surface area contributed by atoms with Crippen molar-refractivity contribution in [3.05, 3.63) is 186 Å². The summed E-state index contributed by atoms with van der Waals surface area (Å²) in [6, 6.07) is 47.2. The molecule has 2 saturated heterocycles. The third kappa shape index (κ3) is 10.1. The van der Waals surface area contributed by atoms with Crippen molar-refractivity contribution in [2.75, 3.05) is 6.61 Å².